The van der Waals surface area contributed by atoms with E-state index >= 15 is 0 Å². The fraction of sp³-hybridized carbons (Fsp3) is 0.364. The van der Waals surface area contributed by atoms with Crippen molar-refractivity contribution in [3.05, 3.63) is 34.4 Å². The molecule has 18 heavy (non-hydrogen) atoms. The van der Waals surface area contributed by atoms with Crippen LogP contribution < -0.4 is 5.43 Å². The molecule has 1 atom stereocenters. The highest BCUT2D eigenvalue weighted by Crippen LogP contribution is 2.25. The van der Waals surface area contributed by atoms with Gasteiger partial charge in [0.2, 0.25) is 5.91 Å². The SMILES string of the molecule is C[C@@H](Sc1ccc([N+](=O)[O-])cc1)C(=O)NN(C)C. The Morgan fingerprint density at radius 3 is 2.39 bits per heavy atom. The van der Waals surface area contributed by atoms with E-state index in [1.165, 1.54) is 23.9 Å². The quantitative estimate of drug-likeness (QED) is 0.500. The smallest absolute Gasteiger partial charge is 0.269 e. The maximum Gasteiger partial charge on any atom is 0.269 e. The number of carbonyl (C=O) groups excluding carboxylic acids is 1. The van der Waals surface area contributed by atoms with Gasteiger partial charge in [-0.15, -0.1) is 11.8 Å². The summed E-state index contributed by atoms with van der Waals surface area (Å²) in [7, 11) is 3.47. The number of benzene rings is 1. The topological polar surface area (TPSA) is 75.5 Å². The van der Waals surface area contributed by atoms with E-state index in [-0.39, 0.29) is 16.8 Å². The van der Waals surface area contributed by atoms with Crippen molar-refractivity contribution in [2.75, 3.05) is 14.1 Å². The van der Waals surface area contributed by atoms with Gasteiger partial charge in [-0.1, -0.05) is 0 Å². The number of hydrazine groups is 1. The summed E-state index contributed by atoms with van der Waals surface area (Å²) >= 11 is 1.35. The first-order valence-electron chi connectivity index (χ1n) is 5.29. The zero-order chi connectivity index (χ0) is 13.7. The Labute approximate surface area is 109 Å². The molecule has 0 bridgehead atoms. The van der Waals surface area contributed by atoms with Gasteiger partial charge >= 0.3 is 0 Å². The molecule has 0 aromatic heterocycles. The van der Waals surface area contributed by atoms with Crippen molar-refractivity contribution in [3.63, 3.8) is 0 Å². The molecule has 1 rings (SSSR count). The molecule has 0 spiro atoms. The molecule has 1 N–H and O–H groups in total. The zero-order valence-electron chi connectivity index (χ0n) is 10.4. The summed E-state index contributed by atoms with van der Waals surface area (Å²) < 4.78 is 0. The highest BCUT2D eigenvalue weighted by atomic mass is 32.2. The Kier molecular flexibility index (Phi) is 5.11. The molecule has 0 unspecified atom stereocenters. The van der Waals surface area contributed by atoms with E-state index in [4.69, 9.17) is 0 Å². The summed E-state index contributed by atoms with van der Waals surface area (Å²) in [6.45, 7) is 1.78. The first-order valence-corrected chi connectivity index (χ1v) is 6.17. The molecular formula is C11H15N3O3S. The molecule has 98 valence electrons. The van der Waals surface area contributed by atoms with Crippen molar-refractivity contribution in [2.45, 2.75) is 17.1 Å². The lowest BCUT2D eigenvalue weighted by molar-refractivity contribution is -0.384. The molecular weight excluding hydrogens is 254 g/mol. The number of nitro groups is 1. The molecule has 1 aromatic carbocycles. The summed E-state index contributed by atoms with van der Waals surface area (Å²) in [5.74, 6) is -0.108. The second-order valence-electron chi connectivity index (χ2n) is 3.88. The van der Waals surface area contributed by atoms with E-state index in [9.17, 15) is 14.9 Å². The number of nitro benzene ring substituents is 1. The van der Waals surface area contributed by atoms with Gasteiger partial charge in [0.05, 0.1) is 10.2 Å². The van der Waals surface area contributed by atoms with E-state index in [2.05, 4.69) is 5.43 Å². The number of hydrogen-bond acceptors (Lipinski definition) is 5. The lowest BCUT2D eigenvalue weighted by atomic mass is 10.3. The third kappa shape index (κ3) is 4.34. The van der Waals surface area contributed by atoms with Crippen LogP contribution in [-0.2, 0) is 4.79 Å². The minimum absolute atomic E-state index is 0.0461. The third-order valence-corrected chi connectivity index (χ3v) is 3.18. The summed E-state index contributed by atoms with van der Waals surface area (Å²) in [6, 6.07) is 6.14. The van der Waals surface area contributed by atoms with Gasteiger partial charge in [0, 0.05) is 31.1 Å². The molecule has 0 radical (unpaired) electrons. The predicted octanol–water partition coefficient (Wildman–Crippen LogP) is 1.67. The largest absolute Gasteiger partial charge is 0.288 e. The average Bonchev–Trinajstić information content (AvgIpc) is 2.28. The number of nitrogens with zero attached hydrogens (tertiary/aromatic N) is 2. The highest BCUT2D eigenvalue weighted by Gasteiger charge is 2.15. The maximum atomic E-state index is 11.7. The minimum atomic E-state index is -0.448. The van der Waals surface area contributed by atoms with Crippen LogP contribution in [0.3, 0.4) is 0 Å². The number of hydrogen-bond donors (Lipinski definition) is 1. The van der Waals surface area contributed by atoms with Crippen LogP contribution in [0.2, 0.25) is 0 Å². The van der Waals surface area contributed by atoms with Crippen molar-refractivity contribution in [2.24, 2.45) is 0 Å². The lowest BCUT2D eigenvalue weighted by Crippen LogP contribution is -2.40. The number of thioether (sulfide) groups is 1. The van der Waals surface area contributed by atoms with Gasteiger partial charge in [0.25, 0.3) is 5.69 Å². The Hall–Kier alpha value is -1.60. The molecule has 0 aliphatic heterocycles. The van der Waals surface area contributed by atoms with Crippen LogP contribution >= 0.6 is 11.8 Å². The standard InChI is InChI=1S/C11H15N3O3S/c1-8(11(15)12-13(2)3)18-10-6-4-9(5-7-10)14(16)17/h4-8H,1-3H3,(H,12,15)/t8-/m1/s1. The van der Waals surface area contributed by atoms with E-state index in [1.54, 1.807) is 38.2 Å². The average molecular weight is 269 g/mol. The van der Waals surface area contributed by atoms with Crippen LogP contribution in [0.1, 0.15) is 6.92 Å². The van der Waals surface area contributed by atoms with Gasteiger partial charge < -0.3 is 0 Å². The van der Waals surface area contributed by atoms with Gasteiger partial charge in [-0.05, 0) is 19.1 Å². The van der Waals surface area contributed by atoms with Crippen LogP contribution in [0, 0.1) is 10.1 Å². The highest BCUT2D eigenvalue weighted by molar-refractivity contribution is 8.00. The number of rotatable bonds is 5. The van der Waals surface area contributed by atoms with Crippen molar-refractivity contribution < 1.29 is 9.72 Å². The van der Waals surface area contributed by atoms with Crippen LogP contribution in [0.5, 0.6) is 0 Å². The normalized spacial score (nSPS) is 12.2. The van der Waals surface area contributed by atoms with Gasteiger partial charge in [-0.3, -0.25) is 20.3 Å². The van der Waals surface area contributed by atoms with Gasteiger partial charge in [0.1, 0.15) is 0 Å². The molecule has 1 amide bonds. The van der Waals surface area contributed by atoms with Crippen molar-refractivity contribution in [1.82, 2.24) is 10.4 Å². The van der Waals surface area contributed by atoms with Crippen LogP contribution in [0.15, 0.2) is 29.2 Å². The van der Waals surface area contributed by atoms with Crippen LogP contribution in [0.25, 0.3) is 0 Å². The van der Waals surface area contributed by atoms with Gasteiger partial charge in [0.15, 0.2) is 0 Å². The molecule has 0 heterocycles. The third-order valence-electron chi connectivity index (χ3n) is 2.06. The lowest BCUT2D eigenvalue weighted by Gasteiger charge is -2.16. The summed E-state index contributed by atoms with van der Waals surface area (Å²) in [5, 5.41) is 11.8. The van der Waals surface area contributed by atoms with Crippen molar-refractivity contribution in [1.29, 1.82) is 0 Å². The molecule has 0 saturated carbocycles. The Morgan fingerprint density at radius 1 is 1.39 bits per heavy atom. The summed E-state index contributed by atoms with van der Waals surface area (Å²) in [6.07, 6.45) is 0. The maximum absolute atomic E-state index is 11.7. The van der Waals surface area contributed by atoms with E-state index in [0.717, 1.165) is 4.90 Å². The van der Waals surface area contributed by atoms with Crippen LogP contribution in [0.4, 0.5) is 5.69 Å². The number of non-ortho nitro benzene ring substituents is 1. The fourth-order valence-corrected chi connectivity index (χ4v) is 2.08. The second kappa shape index (κ2) is 6.36. The molecule has 7 heteroatoms. The number of amides is 1. The zero-order valence-corrected chi connectivity index (χ0v) is 11.2. The summed E-state index contributed by atoms with van der Waals surface area (Å²) in [5.41, 5.74) is 2.70. The monoisotopic (exact) mass is 269 g/mol. The van der Waals surface area contributed by atoms with Crippen molar-refractivity contribution >= 4 is 23.4 Å². The molecule has 6 nitrogen and oxygen atoms in total. The number of nitrogens with one attached hydrogen (secondary N) is 1. The molecule has 0 fully saturated rings. The Balaban J connectivity index is 2.61. The van der Waals surface area contributed by atoms with E-state index in [0.29, 0.717) is 0 Å². The Morgan fingerprint density at radius 2 is 1.94 bits per heavy atom. The van der Waals surface area contributed by atoms with Crippen LogP contribution in [-0.4, -0.2) is 35.2 Å². The van der Waals surface area contributed by atoms with Gasteiger partial charge in [-0.25, -0.2) is 5.01 Å². The molecule has 0 saturated heterocycles. The Bertz CT molecular complexity index is 434. The minimum Gasteiger partial charge on any atom is -0.288 e. The van der Waals surface area contributed by atoms with E-state index < -0.39 is 4.92 Å². The molecule has 0 aliphatic rings. The van der Waals surface area contributed by atoms with Crippen molar-refractivity contribution in [3.8, 4) is 0 Å². The second-order valence-corrected chi connectivity index (χ2v) is 5.30. The molecule has 0 aliphatic carbocycles. The first-order chi connectivity index (χ1) is 8.40. The predicted molar refractivity (Wildman–Crippen MR) is 70.2 cm³/mol. The molecule has 1 aromatic rings. The first kappa shape index (κ1) is 14.5. The fourth-order valence-electron chi connectivity index (χ4n) is 1.22. The number of carbonyl (C=O) groups is 1. The summed E-state index contributed by atoms with van der Waals surface area (Å²) in [4.78, 5) is 22.5. The van der Waals surface area contributed by atoms with Gasteiger partial charge in [-0.2, -0.15) is 0 Å². The van der Waals surface area contributed by atoms with E-state index in [1.807, 2.05) is 0 Å².